The van der Waals surface area contributed by atoms with E-state index in [2.05, 4.69) is 15.1 Å². The van der Waals surface area contributed by atoms with Gasteiger partial charge in [-0.2, -0.15) is 4.98 Å². The molecular weight excluding hydrogens is 238 g/mol. The Labute approximate surface area is 100.0 Å². The van der Waals surface area contributed by atoms with Gasteiger partial charge in [0.1, 0.15) is 6.33 Å². The third-order valence-electron chi connectivity index (χ3n) is 2.33. The Kier molecular flexibility index (Phi) is 2.09. The van der Waals surface area contributed by atoms with Gasteiger partial charge in [0.2, 0.25) is 0 Å². The van der Waals surface area contributed by atoms with Crippen molar-refractivity contribution in [3.05, 3.63) is 29.0 Å². The Morgan fingerprint density at radius 1 is 1.50 bits per heavy atom. The minimum absolute atomic E-state index is 0.175. The molecule has 0 saturated carbocycles. The van der Waals surface area contributed by atoms with Crippen molar-refractivity contribution in [2.45, 2.75) is 0 Å². The summed E-state index contributed by atoms with van der Waals surface area (Å²) in [6.07, 6.45) is 1.50. The van der Waals surface area contributed by atoms with E-state index in [0.29, 0.717) is 22.5 Å². The summed E-state index contributed by atoms with van der Waals surface area (Å²) in [5.41, 5.74) is 6.99. The largest absolute Gasteiger partial charge is 0.421 e. The Morgan fingerprint density at radius 2 is 2.33 bits per heavy atom. The fourth-order valence-electron chi connectivity index (χ4n) is 1.55. The highest BCUT2D eigenvalue weighted by molar-refractivity contribution is 5.80. The number of nitrogen functional groups attached to an aromatic ring is 1. The lowest BCUT2D eigenvalue weighted by molar-refractivity contribution is 0.441. The minimum Gasteiger partial charge on any atom is -0.421 e. The van der Waals surface area contributed by atoms with Gasteiger partial charge in [0.15, 0.2) is 11.3 Å². The molecule has 3 N–H and O–H groups in total. The van der Waals surface area contributed by atoms with Gasteiger partial charge in [0.05, 0.1) is 11.2 Å². The summed E-state index contributed by atoms with van der Waals surface area (Å²) in [5.74, 6) is -0.191. The van der Waals surface area contributed by atoms with E-state index >= 15 is 0 Å². The number of nitrogens with two attached hydrogens (primary N) is 1. The number of rotatable bonds is 2. The number of H-pyrrole nitrogens is 1. The zero-order valence-electron chi connectivity index (χ0n) is 9.38. The van der Waals surface area contributed by atoms with E-state index in [1.54, 1.807) is 13.1 Å². The number of aryl methyl sites for hydroxylation is 1. The molecule has 0 radical (unpaired) electrons. The predicted octanol–water partition coefficient (Wildman–Crippen LogP) is 0.624. The predicted molar refractivity (Wildman–Crippen MR) is 62.3 cm³/mol. The minimum atomic E-state index is -0.544. The third-order valence-corrected chi connectivity index (χ3v) is 2.33. The summed E-state index contributed by atoms with van der Waals surface area (Å²) in [6.45, 7) is 0. The molecular formula is C10H9N5O3. The lowest BCUT2D eigenvalue weighted by atomic mass is 10.2. The van der Waals surface area contributed by atoms with Crippen molar-refractivity contribution in [3.63, 3.8) is 0 Å². The Morgan fingerprint density at radius 3 is 3.06 bits per heavy atom. The number of aromatic nitrogens is 4. The molecule has 0 saturated heterocycles. The molecule has 0 spiro atoms. The number of hydrogen-bond acceptors (Lipinski definition) is 6. The van der Waals surface area contributed by atoms with Crippen molar-refractivity contribution in [2.75, 3.05) is 5.73 Å². The number of ether oxygens (including phenoxy) is 1. The van der Waals surface area contributed by atoms with E-state index in [0.717, 1.165) is 0 Å². The van der Waals surface area contributed by atoms with Gasteiger partial charge in [-0.15, -0.1) is 5.10 Å². The van der Waals surface area contributed by atoms with Crippen LogP contribution in [0.4, 0.5) is 5.69 Å². The monoisotopic (exact) mass is 247 g/mol. The Hall–Kier alpha value is -2.77. The SMILES string of the molecule is Cn1cnc(Oc2cc3[nH]c(=O)oc3cc2N)n1. The summed E-state index contributed by atoms with van der Waals surface area (Å²) in [6, 6.07) is 3.24. The summed E-state index contributed by atoms with van der Waals surface area (Å²) in [7, 11) is 1.72. The van der Waals surface area contributed by atoms with Crippen LogP contribution in [-0.4, -0.2) is 19.7 Å². The Bertz CT molecular complexity index is 769. The van der Waals surface area contributed by atoms with Crippen LogP contribution in [0.1, 0.15) is 0 Å². The zero-order valence-corrected chi connectivity index (χ0v) is 9.38. The number of hydrogen-bond donors (Lipinski definition) is 2. The molecule has 0 aliphatic heterocycles. The smallest absolute Gasteiger partial charge is 0.417 e. The van der Waals surface area contributed by atoms with Crippen LogP contribution in [0.3, 0.4) is 0 Å². The van der Waals surface area contributed by atoms with Gasteiger partial charge >= 0.3 is 11.8 Å². The lowest BCUT2D eigenvalue weighted by Crippen LogP contribution is -1.95. The van der Waals surface area contributed by atoms with Crippen molar-refractivity contribution in [3.8, 4) is 11.8 Å². The van der Waals surface area contributed by atoms with Crippen LogP contribution in [0.15, 0.2) is 27.7 Å². The van der Waals surface area contributed by atoms with Crippen LogP contribution in [0, 0.1) is 0 Å². The van der Waals surface area contributed by atoms with Gasteiger partial charge < -0.3 is 14.9 Å². The molecule has 0 fully saturated rings. The van der Waals surface area contributed by atoms with Crippen molar-refractivity contribution in [1.82, 2.24) is 19.7 Å². The molecule has 1 aromatic carbocycles. The van der Waals surface area contributed by atoms with E-state index in [-0.39, 0.29) is 6.01 Å². The van der Waals surface area contributed by atoms with Crippen LogP contribution in [0.2, 0.25) is 0 Å². The van der Waals surface area contributed by atoms with Gasteiger partial charge in [-0.3, -0.25) is 9.67 Å². The standard InChI is InChI=1S/C10H9N5O3/c1-15-4-12-9(14-15)17-7-3-6-8(2-5(7)11)18-10(16)13-6/h2-4H,11H2,1H3,(H,13,16). The number of nitrogens with one attached hydrogen (secondary N) is 1. The molecule has 8 heteroatoms. The van der Waals surface area contributed by atoms with Crippen LogP contribution in [0.5, 0.6) is 11.8 Å². The van der Waals surface area contributed by atoms with Crippen molar-refractivity contribution < 1.29 is 9.15 Å². The van der Waals surface area contributed by atoms with Gasteiger partial charge in [-0.25, -0.2) is 4.79 Å². The average molecular weight is 247 g/mol. The van der Waals surface area contributed by atoms with Gasteiger partial charge in [-0.05, 0) is 0 Å². The van der Waals surface area contributed by atoms with Crippen LogP contribution in [0.25, 0.3) is 11.1 Å². The first kappa shape index (κ1) is 10.4. The number of oxazole rings is 1. The van der Waals surface area contributed by atoms with Crippen LogP contribution in [-0.2, 0) is 7.05 Å². The molecule has 0 aliphatic carbocycles. The molecule has 18 heavy (non-hydrogen) atoms. The average Bonchev–Trinajstić information content (AvgIpc) is 2.85. The van der Waals surface area contributed by atoms with Gasteiger partial charge in [0.25, 0.3) is 0 Å². The highest BCUT2D eigenvalue weighted by atomic mass is 16.5. The van der Waals surface area contributed by atoms with E-state index in [1.165, 1.54) is 17.1 Å². The van der Waals surface area contributed by atoms with Gasteiger partial charge in [0, 0.05) is 19.2 Å². The molecule has 8 nitrogen and oxygen atoms in total. The number of fused-ring (bicyclic) bond motifs is 1. The maximum Gasteiger partial charge on any atom is 0.417 e. The van der Waals surface area contributed by atoms with Crippen molar-refractivity contribution >= 4 is 16.8 Å². The highest BCUT2D eigenvalue weighted by Gasteiger charge is 2.10. The van der Waals surface area contributed by atoms with E-state index in [4.69, 9.17) is 14.9 Å². The van der Waals surface area contributed by atoms with E-state index in [1.807, 2.05) is 0 Å². The first-order valence-corrected chi connectivity index (χ1v) is 5.07. The fourth-order valence-corrected chi connectivity index (χ4v) is 1.55. The third kappa shape index (κ3) is 1.69. The normalized spacial score (nSPS) is 10.9. The first-order chi connectivity index (χ1) is 8.61. The molecule has 3 aromatic rings. The summed E-state index contributed by atoms with van der Waals surface area (Å²) >= 11 is 0. The van der Waals surface area contributed by atoms with Crippen LogP contribution >= 0.6 is 0 Å². The van der Waals surface area contributed by atoms with Crippen molar-refractivity contribution in [2.24, 2.45) is 7.05 Å². The Balaban J connectivity index is 2.05. The summed E-state index contributed by atoms with van der Waals surface area (Å²) in [5, 5.41) is 3.96. The van der Waals surface area contributed by atoms with Crippen molar-refractivity contribution in [1.29, 1.82) is 0 Å². The first-order valence-electron chi connectivity index (χ1n) is 5.07. The summed E-state index contributed by atoms with van der Waals surface area (Å²) < 4.78 is 11.8. The number of nitrogens with zero attached hydrogens (tertiary/aromatic N) is 3. The molecule has 0 amide bonds. The second kappa shape index (κ2) is 3.62. The van der Waals surface area contributed by atoms with E-state index < -0.39 is 5.76 Å². The number of aromatic amines is 1. The quantitative estimate of drug-likeness (QED) is 0.642. The maximum atomic E-state index is 11.0. The van der Waals surface area contributed by atoms with E-state index in [9.17, 15) is 4.79 Å². The molecule has 3 rings (SSSR count). The molecule has 92 valence electrons. The van der Waals surface area contributed by atoms with Gasteiger partial charge in [-0.1, -0.05) is 0 Å². The molecule has 0 bridgehead atoms. The molecule has 2 aromatic heterocycles. The van der Waals surface area contributed by atoms with Crippen LogP contribution < -0.4 is 16.2 Å². The molecule has 2 heterocycles. The molecule has 0 atom stereocenters. The second-order valence-electron chi connectivity index (χ2n) is 3.70. The molecule has 0 aliphatic rings. The fraction of sp³-hybridized carbons (Fsp3) is 0.100. The summed E-state index contributed by atoms with van der Waals surface area (Å²) in [4.78, 5) is 17.5. The molecule has 0 unspecified atom stereocenters. The highest BCUT2D eigenvalue weighted by Crippen LogP contribution is 2.29. The second-order valence-corrected chi connectivity index (χ2v) is 3.70. The zero-order chi connectivity index (χ0) is 12.7. The number of benzene rings is 1. The maximum absolute atomic E-state index is 11.0. The topological polar surface area (TPSA) is 112 Å². The number of anilines is 1. The lowest BCUT2D eigenvalue weighted by Gasteiger charge is -2.03.